The molecular formula is C13H9FIN3O. The monoisotopic (exact) mass is 369 g/mol. The number of nitrogens with zero attached hydrogens (tertiary/aromatic N) is 3. The Hall–Kier alpha value is -1.75. The highest BCUT2D eigenvalue weighted by molar-refractivity contribution is 14.1. The zero-order valence-electron chi connectivity index (χ0n) is 10.0. The highest BCUT2D eigenvalue weighted by Gasteiger charge is 2.09. The Balaban J connectivity index is 2.48. The molecule has 0 amide bonds. The summed E-state index contributed by atoms with van der Waals surface area (Å²) in [6.45, 7) is 1.87. The lowest BCUT2D eigenvalue weighted by atomic mass is 10.1. The van der Waals surface area contributed by atoms with Crippen LogP contribution >= 0.6 is 22.6 Å². The van der Waals surface area contributed by atoms with Crippen LogP contribution in [0, 0.1) is 27.6 Å². The van der Waals surface area contributed by atoms with Gasteiger partial charge in [-0.25, -0.2) is 9.37 Å². The summed E-state index contributed by atoms with van der Waals surface area (Å²) < 4.78 is 15.1. The molecule has 96 valence electrons. The summed E-state index contributed by atoms with van der Waals surface area (Å²) in [5, 5.41) is 8.98. The van der Waals surface area contributed by atoms with E-state index in [1.807, 2.05) is 28.7 Å². The standard InChI is InChI=1S/C13H9FIN3O/c1-8-12(15)13(19)18(7-17-8)6-10-4-11(14)3-2-9(10)5-16/h2-4,7H,6H2,1H3. The molecule has 0 aliphatic heterocycles. The van der Waals surface area contributed by atoms with Gasteiger partial charge in [0, 0.05) is 0 Å². The van der Waals surface area contributed by atoms with E-state index in [0.717, 1.165) is 0 Å². The lowest BCUT2D eigenvalue weighted by Crippen LogP contribution is -2.24. The molecule has 1 heterocycles. The van der Waals surface area contributed by atoms with Crippen molar-refractivity contribution in [1.82, 2.24) is 9.55 Å². The Bertz CT molecular complexity index is 734. The molecule has 6 heteroatoms. The molecule has 1 aromatic carbocycles. The van der Waals surface area contributed by atoms with Crippen molar-refractivity contribution in [2.75, 3.05) is 0 Å². The summed E-state index contributed by atoms with van der Waals surface area (Å²) in [4.78, 5) is 16.1. The number of halogens is 2. The third kappa shape index (κ3) is 2.81. The van der Waals surface area contributed by atoms with Gasteiger partial charge in [-0.2, -0.15) is 5.26 Å². The Morgan fingerprint density at radius 3 is 2.95 bits per heavy atom. The third-order valence-corrected chi connectivity index (χ3v) is 3.93. The molecule has 4 nitrogen and oxygen atoms in total. The van der Waals surface area contributed by atoms with Crippen molar-refractivity contribution in [2.45, 2.75) is 13.5 Å². The summed E-state index contributed by atoms with van der Waals surface area (Å²) >= 11 is 1.93. The summed E-state index contributed by atoms with van der Waals surface area (Å²) in [5.74, 6) is -0.434. The van der Waals surface area contributed by atoms with Gasteiger partial charge in [0.2, 0.25) is 0 Å². The number of rotatable bonds is 2. The summed E-state index contributed by atoms with van der Waals surface area (Å²) in [7, 11) is 0. The first kappa shape index (κ1) is 13.7. The van der Waals surface area contributed by atoms with Crippen LogP contribution in [0.25, 0.3) is 0 Å². The molecule has 0 N–H and O–H groups in total. The minimum Gasteiger partial charge on any atom is -0.294 e. The topological polar surface area (TPSA) is 58.7 Å². The number of hydrogen-bond donors (Lipinski definition) is 0. The van der Waals surface area contributed by atoms with Gasteiger partial charge >= 0.3 is 0 Å². The fourth-order valence-electron chi connectivity index (χ4n) is 1.64. The molecule has 0 atom stereocenters. The smallest absolute Gasteiger partial charge is 0.267 e. The first-order valence-electron chi connectivity index (χ1n) is 5.43. The Morgan fingerprint density at radius 1 is 1.53 bits per heavy atom. The molecule has 0 radical (unpaired) electrons. The highest BCUT2D eigenvalue weighted by Crippen LogP contribution is 2.12. The maximum absolute atomic E-state index is 13.2. The van der Waals surface area contributed by atoms with E-state index in [9.17, 15) is 9.18 Å². The third-order valence-electron chi connectivity index (χ3n) is 2.69. The minimum atomic E-state index is -0.434. The van der Waals surface area contributed by atoms with Crippen LogP contribution in [0.2, 0.25) is 0 Å². The van der Waals surface area contributed by atoms with E-state index in [1.165, 1.54) is 29.1 Å². The van der Waals surface area contributed by atoms with Crippen LogP contribution in [0.4, 0.5) is 4.39 Å². The van der Waals surface area contributed by atoms with Gasteiger partial charge in [-0.05, 0) is 53.3 Å². The fraction of sp³-hybridized carbons (Fsp3) is 0.154. The second-order valence-corrected chi connectivity index (χ2v) is 5.07. The van der Waals surface area contributed by atoms with Gasteiger partial charge in [0.15, 0.2) is 0 Å². The number of benzene rings is 1. The zero-order chi connectivity index (χ0) is 14.0. The van der Waals surface area contributed by atoms with Crippen molar-refractivity contribution in [3.8, 4) is 6.07 Å². The molecule has 0 spiro atoms. The molecule has 2 aromatic rings. The van der Waals surface area contributed by atoms with Crippen LogP contribution in [-0.2, 0) is 6.54 Å². The van der Waals surface area contributed by atoms with E-state index >= 15 is 0 Å². The molecule has 0 aliphatic carbocycles. The van der Waals surface area contributed by atoms with Crippen LogP contribution in [0.1, 0.15) is 16.8 Å². The van der Waals surface area contributed by atoms with Crippen molar-refractivity contribution in [2.24, 2.45) is 0 Å². The van der Waals surface area contributed by atoms with Gasteiger partial charge in [0.1, 0.15) is 5.82 Å². The van der Waals surface area contributed by atoms with Gasteiger partial charge in [-0.15, -0.1) is 0 Å². The minimum absolute atomic E-state index is 0.128. The zero-order valence-corrected chi connectivity index (χ0v) is 12.2. The quantitative estimate of drug-likeness (QED) is 0.763. The summed E-state index contributed by atoms with van der Waals surface area (Å²) in [6.07, 6.45) is 1.41. The fourth-order valence-corrected chi connectivity index (χ4v) is 2.09. The van der Waals surface area contributed by atoms with Crippen LogP contribution in [0.15, 0.2) is 29.3 Å². The van der Waals surface area contributed by atoms with E-state index in [2.05, 4.69) is 4.98 Å². The van der Waals surface area contributed by atoms with Crippen molar-refractivity contribution in [3.05, 3.63) is 61.1 Å². The maximum atomic E-state index is 13.2. The second-order valence-electron chi connectivity index (χ2n) is 3.99. The Kier molecular flexibility index (Phi) is 3.95. The average molecular weight is 369 g/mol. The Morgan fingerprint density at radius 2 is 2.26 bits per heavy atom. The first-order chi connectivity index (χ1) is 9.02. The Labute approximate surface area is 122 Å². The SMILES string of the molecule is Cc1ncn(Cc2cc(F)ccc2C#N)c(=O)c1I. The molecule has 0 bridgehead atoms. The lowest BCUT2D eigenvalue weighted by molar-refractivity contribution is 0.621. The average Bonchev–Trinajstić information content (AvgIpc) is 2.40. The largest absolute Gasteiger partial charge is 0.294 e. The molecule has 0 aliphatic rings. The predicted molar refractivity (Wildman–Crippen MR) is 76.2 cm³/mol. The van der Waals surface area contributed by atoms with Crippen molar-refractivity contribution < 1.29 is 4.39 Å². The van der Waals surface area contributed by atoms with Crippen LogP contribution < -0.4 is 5.56 Å². The lowest BCUT2D eigenvalue weighted by Gasteiger charge is -2.08. The van der Waals surface area contributed by atoms with E-state index in [0.29, 0.717) is 20.4 Å². The first-order valence-corrected chi connectivity index (χ1v) is 6.51. The number of nitriles is 1. The van der Waals surface area contributed by atoms with Gasteiger partial charge in [-0.1, -0.05) is 0 Å². The van der Waals surface area contributed by atoms with Gasteiger partial charge < -0.3 is 0 Å². The molecule has 0 fully saturated rings. The predicted octanol–water partition coefficient (Wildman–Crippen LogP) is 2.22. The van der Waals surface area contributed by atoms with Crippen LogP contribution in [-0.4, -0.2) is 9.55 Å². The van der Waals surface area contributed by atoms with E-state index < -0.39 is 5.82 Å². The van der Waals surface area contributed by atoms with E-state index in [-0.39, 0.29) is 12.1 Å². The molecular weight excluding hydrogens is 360 g/mol. The van der Waals surface area contributed by atoms with Crippen LogP contribution in [0.5, 0.6) is 0 Å². The number of aromatic nitrogens is 2. The van der Waals surface area contributed by atoms with Gasteiger partial charge in [0.05, 0.1) is 33.8 Å². The van der Waals surface area contributed by atoms with Gasteiger partial charge in [0.25, 0.3) is 5.56 Å². The van der Waals surface area contributed by atoms with Crippen molar-refractivity contribution in [1.29, 1.82) is 5.26 Å². The van der Waals surface area contributed by atoms with Crippen LogP contribution in [0.3, 0.4) is 0 Å². The molecule has 0 saturated carbocycles. The second kappa shape index (κ2) is 5.48. The number of aryl methyl sites for hydroxylation is 1. The molecule has 19 heavy (non-hydrogen) atoms. The maximum Gasteiger partial charge on any atom is 0.267 e. The van der Waals surface area contributed by atoms with Crippen molar-refractivity contribution in [3.63, 3.8) is 0 Å². The van der Waals surface area contributed by atoms with E-state index in [4.69, 9.17) is 5.26 Å². The molecule has 2 rings (SSSR count). The van der Waals surface area contributed by atoms with Crippen molar-refractivity contribution >= 4 is 22.6 Å². The summed E-state index contributed by atoms with van der Waals surface area (Å²) in [6, 6.07) is 5.88. The molecule has 0 unspecified atom stereocenters. The molecule has 0 saturated heterocycles. The number of hydrogen-bond acceptors (Lipinski definition) is 3. The molecule has 1 aromatic heterocycles. The van der Waals surface area contributed by atoms with Gasteiger partial charge in [-0.3, -0.25) is 9.36 Å². The normalized spacial score (nSPS) is 10.2. The summed E-state index contributed by atoms with van der Waals surface area (Å²) in [5.41, 5.74) is 1.28. The van der Waals surface area contributed by atoms with E-state index in [1.54, 1.807) is 6.92 Å². The highest BCUT2D eigenvalue weighted by atomic mass is 127.